The van der Waals surface area contributed by atoms with E-state index in [2.05, 4.69) is 29.6 Å². The van der Waals surface area contributed by atoms with E-state index in [4.69, 9.17) is 10.1 Å². The summed E-state index contributed by atoms with van der Waals surface area (Å²) < 4.78 is 2.02. The molecule has 134 valence electrons. The summed E-state index contributed by atoms with van der Waals surface area (Å²) in [5.41, 5.74) is 5.30. The van der Waals surface area contributed by atoms with Crippen molar-refractivity contribution in [3.05, 3.63) is 65.9 Å². The van der Waals surface area contributed by atoms with E-state index in [0.29, 0.717) is 6.42 Å². The molecular formula is C21H23N3O2. The van der Waals surface area contributed by atoms with Crippen LogP contribution in [0.2, 0.25) is 0 Å². The fourth-order valence-corrected chi connectivity index (χ4v) is 2.94. The zero-order chi connectivity index (χ0) is 18.5. The van der Waals surface area contributed by atoms with Crippen molar-refractivity contribution in [2.75, 3.05) is 7.05 Å². The van der Waals surface area contributed by atoms with Crippen LogP contribution in [0.1, 0.15) is 17.5 Å². The third-order valence-corrected chi connectivity index (χ3v) is 4.35. The number of aromatic nitrogens is 2. The molecule has 0 atom stereocenters. The first kappa shape index (κ1) is 17.9. The first-order valence-electron chi connectivity index (χ1n) is 8.65. The molecule has 2 N–H and O–H groups in total. The van der Waals surface area contributed by atoms with Crippen LogP contribution in [0.15, 0.2) is 54.7 Å². The largest absolute Gasteiger partial charge is 0.481 e. The third kappa shape index (κ3) is 4.18. The number of nitrogens with zero attached hydrogens (tertiary/aromatic N) is 2. The van der Waals surface area contributed by atoms with E-state index < -0.39 is 5.97 Å². The van der Waals surface area contributed by atoms with Gasteiger partial charge in [0, 0.05) is 37.3 Å². The summed E-state index contributed by atoms with van der Waals surface area (Å²) in [5.74, 6) is 0.118. The molecule has 0 unspecified atom stereocenters. The number of rotatable bonds is 7. The van der Waals surface area contributed by atoms with Gasteiger partial charge in [-0.2, -0.15) is 0 Å². The first-order chi connectivity index (χ1) is 12.6. The number of nitrogens with one attached hydrogen (secondary N) is 1. The first-order valence-corrected chi connectivity index (χ1v) is 8.65. The van der Waals surface area contributed by atoms with Crippen LogP contribution in [0.3, 0.4) is 0 Å². The zero-order valence-electron chi connectivity index (χ0n) is 15.1. The van der Waals surface area contributed by atoms with Gasteiger partial charge in [-0.3, -0.25) is 4.79 Å². The molecule has 3 rings (SSSR count). The maximum absolute atomic E-state index is 10.7. The molecule has 0 saturated heterocycles. The molecule has 1 aromatic heterocycles. The summed E-state index contributed by atoms with van der Waals surface area (Å²) in [7, 11) is 3.92. The monoisotopic (exact) mass is 349 g/mol. The highest BCUT2D eigenvalue weighted by Crippen LogP contribution is 2.25. The number of carboxylic acids is 1. The Labute approximate surface area is 153 Å². The summed E-state index contributed by atoms with van der Waals surface area (Å²) in [5, 5.41) is 11.9. The summed E-state index contributed by atoms with van der Waals surface area (Å²) in [6, 6.07) is 16.3. The average Bonchev–Trinajstić information content (AvgIpc) is 3.03. The Hall–Kier alpha value is -2.92. The Bertz CT molecular complexity index is 881. The molecule has 0 radical (unpaired) electrons. The van der Waals surface area contributed by atoms with Gasteiger partial charge in [0.05, 0.1) is 5.69 Å². The molecule has 0 aliphatic rings. The van der Waals surface area contributed by atoms with Crippen molar-refractivity contribution < 1.29 is 9.90 Å². The van der Waals surface area contributed by atoms with E-state index in [1.165, 1.54) is 5.56 Å². The Balaban J connectivity index is 1.80. The lowest BCUT2D eigenvalue weighted by Gasteiger charge is -2.03. The van der Waals surface area contributed by atoms with Crippen molar-refractivity contribution >= 4 is 5.97 Å². The van der Waals surface area contributed by atoms with Gasteiger partial charge < -0.3 is 15.0 Å². The lowest BCUT2D eigenvalue weighted by Crippen LogP contribution is -2.04. The predicted octanol–water partition coefficient (Wildman–Crippen LogP) is 3.49. The highest BCUT2D eigenvalue weighted by Gasteiger charge is 2.10. The standard InChI is InChI=1S/C21H23N3O2/c1-22-13-16-5-8-17(9-6-16)19-14-24(2)21(23-19)18-10-3-15(4-11-18)7-12-20(25)26/h3-6,8-11,14,22H,7,12-13H2,1-2H3,(H,25,26). The van der Waals surface area contributed by atoms with Crippen LogP contribution in [-0.4, -0.2) is 27.7 Å². The fourth-order valence-electron chi connectivity index (χ4n) is 2.94. The van der Waals surface area contributed by atoms with Gasteiger partial charge in [0.25, 0.3) is 0 Å². The van der Waals surface area contributed by atoms with Crippen molar-refractivity contribution in [1.29, 1.82) is 0 Å². The van der Waals surface area contributed by atoms with E-state index in [-0.39, 0.29) is 6.42 Å². The smallest absolute Gasteiger partial charge is 0.303 e. The number of aryl methyl sites for hydroxylation is 2. The molecule has 0 aliphatic carbocycles. The number of benzene rings is 2. The lowest BCUT2D eigenvalue weighted by atomic mass is 10.1. The zero-order valence-corrected chi connectivity index (χ0v) is 15.1. The Morgan fingerprint density at radius 3 is 2.27 bits per heavy atom. The van der Waals surface area contributed by atoms with E-state index in [1.807, 2.05) is 49.1 Å². The van der Waals surface area contributed by atoms with Crippen LogP contribution >= 0.6 is 0 Å². The maximum atomic E-state index is 10.7. The molecule has 1 heterocycles. The molecule has 5 heteroatoms. The number of carbonyl (C=O) groups is 1. The van der Waals surface area contributed by atoms with Crippen molar-refractivity contribution in [2.45, 2.75) is 19.4 Å². The molecule has 0 aliphatic heterocycles. The van der Waals surface area contributed by atoms with Gasteiger partial charge in [-0.15, -0.1) is 0 Å². The highest BCUT2D eigenvalue weighted by molar-refractivity contribution is 5.67. The topological polar surface area (TPSA) is 67.2 Å². The fraction of sp³-hybridized carbons (Fsp3) is 0.238. The SMILES string of the molecule is CNCc1ccc(-c2cn(C)c(-c3ccc(CCC(=O)O)cc3)n2)cc1. The van der Waals surface area contributed by atoms with Gasteiger partial charge in [-0.05, 0) is 24.6 Å². The minimum Gasteiger partial charge on any atom is -0.481 e. The summed E-state index contributed by atoms with van der Waals surface area (Å²) >= 11 is 0. The van der Waals surface area contributed by atoms with E-state index in [9.17, 15) is 4.79 Å². The van der Waals surface area contributed by atoms with Gasteiger partial charge in [0.2, 0.25) is 0 Å². The molecule has 0 bridgehead atoms. The molecule has 0 saturated carbocycles. The number of imidazole rings is 1. The van der Waals surface area contributed by atoms with E-state index >= 15 is 0 Å². The number of aliphatic carboxylic acids is 1. The maximum Gasteiger partial charge on any atom is 0.303 e. The van der Waals surface area contributed by atoms with Crippen LogP contribution in [0.5, 0.6) is 0 Å². The van der Waals surface area contributed by atoms with Gasteiger partial charge in [0.1, 0.15) is 5.82 Å². The number of hydrogen-bond acceptors (Lipinski definition) is 3. The van der Waals surface area contributed by atoms with Crippen LogP contribution in [0.4, 0.5) is 0 Å². The molecule has 0 spiro atoms. The Morgan fingerprint density at radius 2 is 1.65 bits per heavy atom. The van der Waals surface area contributed by atoms with Crippen LogP contribution in [-0.2, 0) is 24.8 Å². The minimum atomic E-state index is -0.774. The van der Waals surface area contributed by atoms with Crippen molar-refractivity contribution in [3.63, 3.8) is 0 Å². The molecule has 0 amide bonds. The number of hydrogen-bond donors (Lipinski definition) is 2. The third-order valence-electron chi connectivity index (χ3n) is 4.35. The summed E-state index contributed by atoms with van der Waals surface area (Å²) in [4.78, 5) is 15.5. The molecule has 0 fully saturated rings. The highest BCUT2D eigenvalue weighted by atomic mass is 16.4. The van der Waals surface area contributed by atoms with Crippen LogP contribution in [0, 0.1) is 0 Å². The van der Waals surface area contributed by atoms with E-state index in [0.717, 1.165) is 34.8 Å². The second kappa shape index (κ2) is 7.97. The van der Waals surface area contributed by atoms with Crippen LogP contribution in [0.25, 0.3) is 22.6 Å². The van der Waals surface area contributed by atoms with Crippen LogP contribution < -0.4 is 5.32 Å². The van der Waals surface area contributed by atoms with Crippen molar-refractivity contribution in [2.24, 2.45) is 7.05 Å². The Kier molecular flexibility index (Phi) is 5.49. The lowest BCUT2D eigenvalue weighted by molar-refractivity contribution is -0.136. The predicted molar refractivity (Wildman–Crippen MR) is 103 cm³/mol. The molecule has 26 heavy (non-hydrogen) atoms. The van der Waals surface area contributed by atoms with Gasteiger partial charge in [-0.1, -0.05) is 48.5 Å². The molecule has 3 aromatic rings. The molecule has 2 aromatic carbocycles. The molecule has 5 nitrogen and oxygen atoms in total. The average molecular weight is 349 g/mol. The van der Waals surface area contributed by atoms with E-state index in [1.54, 1.807) is 0 Å². The van der Waals surface area contributed by atoms with Crippen molar-refractivity contribution in [3.8, 4) is 22.6 Å². The molecular weight excluding hydrogens is 326 g/mol. The second-order valence-electron chi connectivity index (χ2n) is 6.38. The normalized spacial score (nSPS) is 10.8. The van der Waals surface area contributed by atoms with Gasteiger partial charge in [-0.25, -0.2) is 4.98 Å². The minimum absolute atomic E-state index is 0.148. The van der Waals surface area contributed by atoms with Gasteiger partial charge >= 0.3 is 5.97 Å². The summed E-state index contributed by atoms with van der Waals surface area (Å²) in [6.07, 6.45) is 2.72. The van der Waals surface area contributed by atoms with Crippen molar-refractivity contribution in [1.82, 2.24) is 14.9 Å². The quantitative estimate of drug-likeness (QED) is 0.685. The van der Waals surface area contributed by atoms with Gasteiger partial charge in [0.15, 0.2) is 0 Å². The Morgan fingerprint density at radius 1 is 1.04 bits per heavy atom. The second-order valence-corrected chi connectivity index (χ2v) is 6.38. The number of carboxylic acid groups (broad SMARTS) is 1. The summed E-state index contributed by atoms with van der Waals surface area (Å²) in [6.45, 7) is 0.849.